The van der Waals surface area contributed by atoms with Crippen molar-refractivity contribution in [2.24, 2.45) is 0 Å². The molecule has 0 unspecified atom stereocenters. The molecule has 1 heterocycles. The molecule has 1 N–H and O–H groups in total. The van der Waals surface area contributed by atoms with Crippen molar-refractivity contribution in [1.82, 2.24) is 15.0 Å². The zero-order valence-electron chi connectivity index (χ0n) is 16.9. The van der Waals surface area contributed by atoms with Gasteiger partial charge in [0.15, 0.2) is 0 Å². The van der Waals surface area contributed by atoms with Crippen LogP contribution in [0.25, 0.3) is 11.0 Å². The van der Waals surface area contributed by atoms with Crippen molar-refractivity contribution < 1.29 is 4.79 Å². The third-order valence-electron chi connectivity index (χ3n) is 5.19. The zero-order chi connectivity index (χ0) is 20.4. The van der Waals surface area contributed by atoms with Crippen LogP contribution in [-0.4, -0.2) is 20.9 Å². The van der Waals surface area contributed by atoms with Crippen LogP contribution in [0.5, 0.6) is 0 Å². The summed E-state index contributed by atoms with van der Waals surface area (Å²) in [5.41, 5.74) is 6.62. The molecule has 1 amide bonds. The molecule has 0 spiro atoms. The maximum atomic E-state index is 12.7. The van der Waals surface area contributed by atoms with Crippen LogP contribution >= 0.6 is 0 Å². The lowest BCUT2D eigenvalue weighted by Gasteiger charge is -2.09. The first-order valence-corrected chi connectivity index (χ1v) is 9.80. The molecule has 5 nitrogen and oxygen atoms in total. The molecule has 0 saturated carbocycles. The third kappa shape index (κ3) is 4.04. The predicted octanol–water partition coefficient (Wildman–Crippen LogP) is 5.16. The number of aryl methyl sites for hydroxylation is 1. The average molecular weight is 384 g/mol. The Labute approximate surface area is 170 Å². The van der Waals surface area contributed by atoms with Crippen molar-refractivity contribution in [3.63, 3.8) is 0 Å². The highest BCUT2D eigenvalue weighted by Gasteiger charge is 2.12. The molecule has 0 aliphatic carbocycles. The lowest BCUT2D eigenvalue weighted by molar-refractivity contribution is 0.102. The molecule has 0 radical (unpaired) electrons. The van der Waals surface area contributed by atoms with E-state index in [1.807, 2.05) is 53.2 Å². The molecule has 0 atom stereocenters. The van der Waals surface area contributed by atoms with Gasteiger partial charge in [0.05, 0.1) is 12.1 Å². The molecule has 0 saturated heterocycles. The van der Waals surface area contributed by atoms with Gasteiger partial charge in [-0.1, -0.05) is 55.5 Å². The van der Waals surface area contributed by atoms with Crippen molar-refractivity contribution in [2.75, 3.05) is 5.32 Å². The monoisotopic (exact) mass is 384 g/mol. The van der Waals surface area contributed by atoms with Crippen molar-refractivity contribution >= 4 is 22.6 Å². The second-order valence-corrected chi connectivity index (χ2v) is 7.61. The summed E-state index contributed by atoms with van der Waals surface area (Å²) in [4.78, 5) is 12.7. The number of carbonyl (C=O) groups excluding carboxylic acids is 1. The van der Waals surface area contributed by atoms with Crippen LogP contribution in [0.3, 0.4) is 0 Å². The van der Waals surface area contributed by atoms with Gasteiger partial charge in [-0.25, -0.2) is 4.68 Å². The van der Waals surface area contributed by atoms with Gasteiger partial charge in [-0.3, -0.25) is 4.79 Å². The highest BCUT2D eigenvalue weighted by atomic mass is 16.1. The van der Waals surface area contributed by atoms with Gasteiger partial charge in [-0.15, -0.1) is 5.10 Å². The largest absolute Gasteiger partial charge is 0.322 e. The third-order valence-corrected chi connectivity index (χ3v) is 5.19. The highest BCUT2D eigenvalue weighted by Crippen LogP contribution is 2.20. The van der Waals surface area contributed by atoms with Crippen LogP contribution in [0.1, 0.15) is 46.8 Å². The first kappa shape index (κ1) is 18.9. The Morgan fingerprint density at radius 1 is 1.03 bits per heavy atom. The van der Waals surface area contributed by atoms with Crippen molar-refractivity contribution in [3.8, 4) is 0 Å². The average Bonchev–Trinajstić information content (AvgIpc) is 3.12. The molecule has 146 valence electrons. The number of benzene rings is 3. The summed E-state index contributed by atoms with van der Waals surface area (Å²) in [6.07, 6.45) is 0. The van der Waals surface area contributed by atoms with Gasteiger partial charge in [0, 0.05) is 11.3 Å². The van der Waals surface area contributed by atoms with E-state index in [1.54, 1.807) is 6.07 Å². The number of hydrogen-bond donors (Lipinski definition) is 1. The maximum Gasteiger partial charge on any atom is 0.255 e. The van der Waals surface area contributed by atoms with Crippen LogP contribution in [0.4, 0.5) is 5.69 Å². The first-order chi connectivity index (χ1) is 14.0. The van der Waals surface area contributed by atoms with Gasteiger partial charge in [0.1, 0.15) is 5.52 Å². The van der Waals surface area contributed by atoms with Gasteiger partial charge < -0.3 is 5.32 Å². The second-order valence-electron chi connectivity index (χ2n) is 7.61. The maximum absolute atomic E-state index is 12.7. The van der Waals surface area contributed by atoms with E-state index in [0.29, 0.717) is 23.5 Å². The van der Waals surface area contributed by atoms with E-state index < -0.39 is 0 Å². The molecule has 29 heavy (non-hydrogen) atoms. The number of fused-ring (bicyclic) bond motifs is 1. The van der Waals surface area contributed by atoms with Gasteiger partial charge >= 0.3 is 0 Å². The topological polar surface area (TPSA) is 59.8 Å². The lowest BCUT2D eigenvalue weighted by Crippen LogP contribution is -2.12. The first-order valence-electron chi connectivity index (χ1n) is 9.80. The summed E-state index contributed by atoms with van der Waals surface area (Å²) in [6.45, 7) is 7.03. The van der Waals surface area contributed by atoms with Crippen LogP contribution in [0, 0.1) is 6.92 Å². The van der Waals surface area contributed by atoms with Crippen molar-refractivity contribution in [3.05, 3.63) is 89.0 Å². The Balaban J connectivity index is 1.53. The van der Waals surface area contributed by atoms with E-state index >= 15 is 0 Å². The molecular formula is C24H24N4O. The number of carbonyl (C=O) groups is 1. The highest BCUT2D eigenvalue weighted by molar-refractivity contribution is 6.05. The quantitative estimate of drug-likeness (QED) is 0.517. The second kappa shape index (κ2) is 7.87. The summed E-state index contributed by atoms with van der Waals surface area (Å²) in [5.74, 6) is 0.307. The predicted molar refractivity (Wildman–Crippen MR) is 116 cm³/mol. The number of amides is 1. The molecule has 0 aliphatic rings. The van der Waals surface area contributed by atoms with Crippen LogP contribution < -0.4 is 5.32 Å². The molecule has 0 aliphatic heterocycles. The molecule has 3 aromatic carbocycles. The van der Waals surface area contributed by atoms with E-state index in [-0.39, 0.29) is 5.91 Å². The number of rotatable bonds is 5. The summed E-state index contributed by atoms with van der Waals surface area (Å²) in [6, 6.07) is 21.7. The van der Waals surface area contributed by atoms with E-state index in [2.05, 4.69) is 48.5 Å². The summed E-state index contributed by atoms with van der Waals surface area (Å²) < 4.78 is 1.87. The van der Waals surface area contributed by atoms with Gasteiger partial charge in [0.2, 0.25) is 0 Å². The van der Waals surface area contributed by atoms with Gasteiger partial charge in [-0.05, 0) is 59.9 Å². The fourth-order valence-electron chi connectivity index (χ4n) is 3.33. The van der Waals surface area contributed by atoms with Crippen LogP contribution in [0.2, 0.25) is 0 Å². The molecular weight excluding hydrogens is 360 g/mol. The Morgan fingerprint density at radius 2 is 1.79 bits per heavy atom. The summed E-state index contributed by atoms with van der Waals surface area (Å²) in [5, 5.41) is 11.5. The molecule has 0 fully saturated rings. The molecule has 5 heteroatoms. The Bertz CT molecular complexity index is 1160. The SMILES string of the molecule is Cc1ccccc1Cn1nnc2cc(C(=O)Nc3ccc(C(C)C)cc3)ccc21. The Morgan fingerprint density at radius 3 is 2.52 bits per heavy atom. The van der Waals surface area contributed by atoms with Crippen LogP contribution in [0.15, 0.2) is 66.7 Å². The minimum atomic E-state index is -0.155. The summed E-state index contributed by atoms with van der Waals surface area (Å²) in [7, 11) is 0. The smallest absolute Gasteiger partial charge is 0.255 e. The number of aromatic nitrogens is 3. The fourth-order valence-corrected chi connectivity index (χ4v) is 3.33. The lowest BCUT2D eigenvalue weighted by atomic mass is 10.0. The zero-order valence-corrected chi connectivity index (χ0v) is 16.9. The molecule has 4 rings (SSSR count). The van der Waals surface area contributed by atoms with Crippen LogP contribution in [-0.2, 0) is 6.54 Å². The molecule has 0 bridgehead atoms. The number of nitrogens with zero attached hydrogens (tertiary/aromatic N) is 3. The van der Waals surface area contributed by atoms with E-state index in [9.17, 15) is 4.79 Å². The minimum absolute atomic E-state index is 0.155. The van der Waals surface area contributed by atoms with Gasteiger partial charge in [-0.2, -0.15) is 0 Å². The Kier molecular flexibility index (Phi) is 5.12. The van der Waals surface area contributed by atoms with E-state index in [1.165, 1.54) is 16.7 Å². The van der Waals surface area contributed by atoms with Gasteiger partial charge in [0.25, 0.3) is 5.91 Å². The fraction of sp³-hybridized carbons (Fsp3) is 0.208. The number of anilines is 1. The normalized spacial score (nSPS) is 11.2. The van der Waals surface area contributed by atoms with Crippen molar-refractivity contribution in [2.45, 2.75) is 33.2 Å². The Hall–Kier alpha value is -3.47. The van der Waals surface area contributed by atoms with E-state index in [4.69, 9.17) is 0 Å². The number of hydrogen-bond acceptors (Lipinski definition) is 3. The van der Waals surface area contributed by atoms with Crippen molar-refractivity contribution in [1.29, 1.82) is 0 Å². The molecule has 4 aromatic rings. The molecule has 1 aromatic heterocycles. The van der Waals surface area contributed by atoms with E-state index in [0.717, 1.165) is 11.2 Å². The minimum Gasteiger partial charge on any atom is -0.322 e. The summed E-state index contributed by atoms with van der Waals surface area (Å²) >= 11 is 0. The number of nitrogens with one attached hydrogen (secondary N) is 1. The standard InChI is InChI=1S/C24H24N4O/c1-16(2)18-8-11-21(12-9-18)25-24(29)19-10-13-23-22(14-19)26-27-28(23)15-20-7-5-4-6-17(20)3/h4-14,16H,15H2,1-3H3,(H,25,29).